The van der Waals surface area contributed by atoms with Crippen LogP contribution >= 0.6 is 0 Å². The molecule has 0 aliphatic carbocycles. The van der Waals surface area contributed by atoms with Crippen LogP contribution in [0.4, 0.5) is 4.79 Å². The van der Waals surface area contributed by atoms with E-state index in [-0.39, 0.29) is 37.4 Å². The number of hydrogen-bond donors (Lipinski definition) is 2. The monoisotopic (exact) mass is 375 g/mol. The molecule has 1 fully saturated rings. The number of likely N-dealkylation sites (tertiary alicyclic amines) is 1. The van der Waals surface area contributed by atoms with Gasteiger partial charge in [-0.05, 0) is 31.2 Å². The van der Waals surface area contributed by atoms with Crippen LogP contribution in [-0.4, -0.2) is 59.0 Å². The average Bonchev–Trinajstić information content (AvgIpc) is 2.67. The van der Waals surface area contributed by atoms with Crippen LogP contribution in [0, 0.1) is 0 Å². The molecule has 1 unspecified atom stereocenters. The SMILES string of the molecule is CN(Cc1ccccc1)C(=O)NCCC(=O)N1CCCCC1CCC(=O)O. The molecule has 7 nitrogen and oxygen atoms in total. The van der Waals surface area contributed by atoms with E-state index in [2.05, 4.69) is 5.32 Å². The third-order valence-corrected chi connectivity index (χ3v) is 4.86. The summed E-state index contributed by atoms with van der Waals surface area (Å²) >= 11 is 0. The van der Waals surface area contributed by atoms with E-state index < -0.39 is 5.97 Å². The van der Waals surface area contributed by atoms with Gasteiger partial charge >= 0.3 is 12.0 Å². The van der Waals surface area contributed by atoms with E-state index in [1.807, 2.05) is 30.3 Å². The van der Waals surface area contributed by atoms with E-state index in [0.29, 0.717) is 19.5 Å². The summed E-state index contributed by atoms with van der Waals surface area (Å²) in [6.07, 6.45) is 3.62. The fraction of sp³-hybridized carbons (Fsp3) is 0.550. The number of urea groups is 1. The minimum Gasteiger partial charge on any atom is -0.481 e. The van der Waals surface area contributed by atoms with Crippen molar-refractivity contribution >= 4 is 17.9 Å². The van der Waals surface area contributed by atoms with E-state index in [9.17, 15) is 14.4 Å². The third kappa shape index (κ3) is 6.92. The highest BCUT2D eigenvalue weighted by Crippen LogP contribution is 2.21. The van der Waals surface area contributed by atoms with E-state index >= 15 is 0 Å². The molecule has 0 saturated carbocycles. The van der Waals surface area contributed by atoms with Crippen LogP contribution in [0.25, 0.3) is 0 Å². The zero-order valence-corrected chi connectivity index (χ0v) is 15.9. The molecule has 2 rings (SSSR count). The molecule has 148 valence electrons. The van der Waals surface area contributed by atoms with Gasteiger partial charge in [0.1, 0.15) is 0 Å². The number of carbonyl (C=O) groups excluding carboxylic acids is 2. The van der Waals surface area contributed by atoms with Gasteiger partial charge in [0.05, 0.1) is 0 Å². The van der Waals surface area contributed by atoms with E-state index in [0.717, 1.165) is 24.8 Å². The van der Waals surface area contributed by atoms with Crippen molar-refractivity contribution in [2.45, 2.75) is 51.1 Å². The largest absolute Gasteiger partial charge is 0.481 e. The number of carboxylic acids is 1. The van der Waals surface area contributed by atoms with Crippen molar-refractivity contribution in [3.8, 4) is 0 Å². The number of carbonyl (C=O) groups is 3. The average molecular weight is 375 g/mol. The first kappa shape index (κ1) is 20.7. The van der Waals surface area contributed by atoms with Gasteiger partial charge in [0.25, 0.3) is 0 Å². The molecule has 0 aromatic heterocycles. The number of rotatable bonds is 8. The highest BCUT2D eigenvalue weighted by molar-refractivity contribution is 5.78. The normalized spacial score (nSPS) is 16.6. The van der Waals surface area contributed by atoms with Crippen molar-refractivity contribution in [3.05, 3.63) is 35.9 Å². The minimum absolute atomic E-state index is 0.00111. The fourth-order valence-corrected chi connectivity index (χ4v) is 3.40. The summed E-state index contributed by atoms with van der Waals surface area (Å²) < 4.78 is 0. The predicted octanol–water partition coefficient (Wildman–Crippen LogP) is 2.46. The summed E-state index contributed by atoms with van der Waals surface area (Å²) in [6, 6.07) is 9.49. The molecule has 0 spiro atoms. The van der Waals surface area contributed by atoms with Gasteiger partial charge in [-0.25, -0.2) is 4.79 Å². The molecule has 1 aromatic rings. The highest BCUT2D eigenvalue weighted by Gasteiger charge is 2.26. The van der Waals surface area contributed by atoms with Crippen molar-refractivity contribution in [1.29, 1.82) is 0 Å². The second-order valence-corrected chi connectivity index (χ2v) is 6.99. The van der Waals surface area contributed by atoms with Crippen molar-refractivity contribution in [2.24, 2.45) is 0 Å². The standard InChI is InChI=1S/C20H29N3O4/c1-22(15-16-7-3-2-4-8-16)20(27)21-13-12-18(24)23-14-6-5-9-17(23)10-11-19(25)26/h2-4,7-8,17H,5-6,9-15H2,1H3,(H,21,27)(H,25,26). The Bertz CT molecular complexity index is 635. The molecular weight excluding hydrogens is 346 g/mol. The summed E-state index contributed by atoms with van der Waals surface area (Å²) in [6.45, 7) is 1.45. The first-order chi connectivity index (χ1) is 13.0. The van der Waals surface area contributed by atoms with Crippen molar-refractivity contribution < 1.29 is 19.5 Å². The summed E-state index contributed by atoms with van der Waals surface area (Å²) in [5, 5.41) is 11.7. The molecule has 1 atom stereocenters. The number of aliphatic carboxylic acids is 1. The smallest absolute Gasteiger partial charge is 0.317 e. The Hall–Kier alpha value is -2.57. The maximum absolute atomic E-state index is 12.5. The van der Waals surface area contributed by atoms with E-state index in [4.69, 9.17) is 5.11 Å². The van der Waals surface area contributed by atoms with Crippen LogP contribution in [0.3, 0.4) is 0 Å². The predicted molar refractivity (Wildman–Crippen MR) is 102 cm³/mol. The second kappa shape index (κ2) is 10.5. The zero-order valence-electron chi connectivity index (χ0n) is 15.9. The van der Waals surface area contributed by atoms with E-state index in [1.54, 1.807) is 16.8 Å². The Kier molecular flexibility index (Phi) is 8.10. The van der Waals surface area contributed by atoms with Crippen LogP contribution < -0.4 is 5.32 Å². The molecule has 1 heterocycles. The Morgan fingerprint density at radius 1 is 1.19 bits per heavy atom. The lowest BCUT2D eigenvalue weighted by Crippen LogP contribution is -2.45. The molecular formula is C20H29N3O4. The van der Waals surface area contributed by atoms with Crippen LogP contribution in [0.5, 0.6) is 0 Å². The van der Waals surface area contributed by atoms with Gasteiger partial charge in [0, 0.05) is 45.6 Å². The number of nitrogens with one attached hydrogen (secondary N) is 1. The number of benzene rings is 1. The number of nitrogens with zero attached hydrogens (tertiary/aromatic N) is 2. The van der Waals surface area contributed by atoms with Crippen LogP contribution in [0.1, 0.15) is 44.1 Å². The quantitative estimate of drug-likeness (QED) is 0.730. The summed E-state index contributed by atoms with van der Waals surface area (Å²) in [4.78, 5) is 38.9. The molecule has 1 aliphatic heterocycles. The lowest BCUT2D eigenvalue weighted by Gasteiger charge is -2.36. The Labute approximate surface area is 160 Å². The van der Waals surface area contributed by atoms with Gasteiger partial charge in [0.15, 0.2) is 0 Å². The fourth-order valence-electron chi connectivity index (χ4n) is 3.40. The topological polar surface area (TPSA) is 90.0 Å². The number of piperidine rings is 1. The van der Waals surface area contributed by atoms with Crippen LogP contribution in [0.2, 0.25) is 0 Å². The number of carboxylic acid groups (broad SMARTS) is 1. The molecule has 7 heteroatoms. The molecule has 1 aliphatic rings. The molecule has 1 saturated heterocycles. The highest BCUT2D eigenvalue weighted by atomic mass is 16.4. The maximum Gasteiger partial charge on any atom is 0.317 e. The zero-order chi connectivity index (χ0) is 19.6. The van der Waals surface area contributed by atoms with Gasteiger partial charge in [-0.3, -0.25) is 9.59 Å². The van der Waals surface area contributed by atoms with E-state index in [1.165, 1.54) is 0 Å². The van der Waals surface area contributed by atoms with Crippen molar-refractivity contribution in [1.82, 2.24) is 15.1 Å². The number of hydrogen-bond acceptors (Lipinski definition) is 3. The second-order valence-electron chi connectivity index (χ2n) is 6.99. The molecule has 3 amide bonds. The van der Waals surface area contributed by atoms with Gasteiger partial charge < -0.3 is 20.2 Å². The van der Waals surface area contributed by atoms with Crippen LogP contribution in [-0.2, 0) is 16.1 Å². The van der Waals surface area contributed by atoms with Gasteiger partial charge in [0.2, 0.25) is 5.91 Å². The third-order valence-electron chi connectivity index (χ3n) is 4.86. The molecule has 0 bridgehead atoms. The van der Waals surface area contributed by atoms with Crippen molar-refractivity contribution in [3.63, 3.8) is 0 Å². The minimum atomic E-state index is -0.832. The molecule has 0 radical (unpaired) electrons. The maximum atomic E-state index is 12.5. The van der Waals surface area contributed by atoms with Crippen molar-refractivity contribution in [2.75, 3.05) is 20.1 Å². The first-order valence-corrected chi connectivity index (χ1v) is 9.51. The Morgan fingerprint density at radius 3 is 2.63 bits per heavy atom. The number of amides is 3. The molecule has 1 aromatic carbocycles. The Morgan fingerprint density at radius 2 is 1.93 bits per heavy atom. The summed E-state index contributed by atoms with van der Waals surface area (Å²) in [5.41, 5.74) is 1.04. The molecule has 27 heavy (non-hydrogen) atoms. The van der Waals surface area contributed by atoms with Crippen LogP contribution in [0.15, 0.2) is 30.3 Å². The lowest BCUT2D eigenvalue weighted by molar-refractivity contribution is -0.140. The first-order valence-electron chi connectivity index (χ1n) is 9.51. The lowest BCUT2D eigenvalue weighted by atomic mass is 9.97. The van der Waals surface area contributed by atoms with Gasteiger partial charge in [-0.1, -0.05) is 30.3 Å². The van der Waals surface area contributed by atoms with Gasteiger partial charge in [-0.15, -0.1) is 0 Å². The molecule has 2 N–H and O–H groups in total. The summed E-state index contributed by atoms with van der Waals surface area (Å²) in [7, 11) is 1.72. The summed E-state index contributed by atoms with van der Waals surface area (Å²) in [5.74, 6) is -0.849. The van der Waals surface area contributed by atoms with Gasteiger partial charge in [-0.2, -0.15) is 0 Å². The Balaban J connectivity index is 1.75.